The van der Waals surface area contributed by atoms with Crippen molar-refractivity contribution in [1.82, 2.24) is 0 Å². The third-order valence-electron chi connectivity index (χ3n) is 2.93. The van der Waals surface area contributed by atoms with Crippen LogP contribution in [0.15, 0.2) is 12.1 Å². The quantitative estimate of drug-likeness (QED) is 0.468. The molecule has 0 amide bonds. The summed E-state index contributed by atoms with van der Waals surface area (Å²) in [5.74, 6) is -0.652. The van der Waals surface area contributed by atoms with Gasteiger partial charge in [-0.25, -0.2) is 8.78 Å². The summed E-state index contributed by atoms with van der Waals surface area (Å²) in [6, 6.07) is 2.58. The third-order valence-corrected chi connectivity index (χ3v) is 3.88. The number of hydrogen-bond acceptors (Lipinski definition) is 0. The average Bonchev–Trinajstić information content (AvgIpc) is 2.29. The van der Waals surface area contributed by atoms with E-state index in [1.54, 1.807) is 6.92 Å². The van der Waals surface area contributed by atoms with Gasteiger partial charge >= 0.3 is 0 Å². The summed E-state index contributed by atoms with van der Waals surface area (Å²) in [4.78, 5) is -0.0885. The maximum Gasteiger partial charge on any atom is 0.128 e. The highest BCUT2D eigenvalue weighted by Crippen LogP contribution is 2.31. The van der Waals surface area contributed by atoms with Crippen molar-refractivity contribution in [2.45, 2.75) is 50.8 Å². The van der Waals surface area contributed by atoms with Gasteiger partial charge in [-0.3, -0.25) is 0 Å². The zero-order chi connectivity index (χ0) is 12.8. The maximum absolute atomic E-state index is 13.7. The molecule has 0 aliphatic heterocycles. The Bertz CT molecular complexity index is 363. The molecule has 17 heavy (non-hydrogen) atoms. The molecule has 0 fully saturated rings. The molecule has 1 aromatic carbocycles. The second-order valence-electron chi connectivity index (χ2n) is 4.44. The van der Waals surface area contributed by atoms with Crippen LogP contribution in [0.4, 0.5) is 8.78 Å². The fraction of sp³-hybridized carbons (Fsp3) is 0.571. The summed E-state index contributed by atoms with van der Waals surface area (Å²) in [6.45, 7) is 3.73. The summed E-state index contributed by atoms with van der Waals surface area (Å²) in [5, 5.41) is 0. The van der Waals surface area contributed by atoms with Crippen molar-refractivity contribution < 1.29 is 8.78 Å². The molecule has 0 radical (unpaired) electrons. The van der Waals surface area contributed by atoms with Crippen LogP contribution in [0.25, 0.3) is 0 Å². The summed E-state index contributed by atoms with van der Waals surface area (Å²) in [7, 11) is 0. The fourth-order valence-electron chi connectivity index (χ4n) is 1.81. The lowest BCUT2D eigenvalue weighted by Gasteiger charge is -2.12. The molecule has 96 valence electrons. The molecule has 0 aliphatic carbocycles. The Morgan fingerprint density at radius 1 is 1.12 bits per heavy atom. The Hall–Kier alpha value is -0.440. The average molecular weight is 305 g/mol. The van der Waals surface area contributed by atoms with Gasteiger partial charge in [0.1, 0.15) is 11.6 Å². The van der Waals surface area contributed by atoms with Crippen molar-refractivity contribution in [2.24, 2.45) is 0 Å². The van der Waals surface area contributed by atoms with Gasteiger partial charge in [0.15, 0.2) is 0 Å². The topological polar surface area (TPSA) is 0 Å². The first-order valence-corrected chi connectivity index (χ1v) is 7.07. The van der Waals surface area contributed by atoms with Crippen molar-refractivity contribution >= 4 is 15.9 Å². The molecule has 1 atom stereocenters. The van der Waals surface area contributed by atoms with Crippen LogP contribution in [0, 0.1) is 18.6 Å². The number of hydrogen-bond donors (Lipinski definition) is 0. The Balaban J connectivity index is 2.62. The molecular formula is C14H19BrF2. The van der Waals surface area contributed by atoms with Crippen molar-refractivity contribution in [3.63, 3.8) is 0 Å². The van der Waals surface area contributed by atoms with E-state index in [0.717, 1.165) is 19.3 Å². The zero-order valence-electron chi connectivity index (χ0n) is 10.4. The molecule has 0 aliphatic rings. The summed E-state index contributed by atoms with van der Waals surface area (Å²) in [6.07, 6.45) is 5.41. The normalized spacial score (nSPS) is 12.8. The van der Waals surface area contributed by atoms with E-state index in [-0.39, 0.29) is 16.5 Å². The third kappa shape index (κ3) is 4.38. The van der Waals surface area contributed by atoms with Gasteiger partial charge in [0, 0.05) is 10.4 Å². The molecular weight excluding hydrogens is 286 g/mol. The van der Waals surface area contributed by atoms with Crippen LogP contribution in [0.3, 0.4) is 0 Å². The second-order valence-corrected chi connectivity index (χ2v) is 5.55. The highest BCUT2D eigenvalue weighted by Gasteiger charge is 2.14. The highest BCUT2D eigenvalue weighted by molar-refractivity contribution is 9.09. The molecule has 0 nitrogen and oxygen atoms in total. The summed E-state index contributed by atoms with van der Waals surface area (Å²) < 4.78 is 27.0. The molecule has 1 rings (SSSR count). The van der Waals surface area contributed by atoms with Crippen LogP contribution in [-0.4, -0.2) is 0 Å². The van der Waals surface area contributed by atoms with Crippen LogP contribution in [0.1, 0.15) is 55.0 Å². The lowest BCUT2D eigenvalue weighted by atomic mass is 10.0. The molecule has 0 saturated carbocycles. The van der Waals surface area contributed by atoms with Gasteiger partial charge in [-0.15, -0.1) is 0 Å². The van der Waals surface area contributed by atoms with Gasteiger partial charge in [-0.05, 0) is 31.0 Å². The minimum atomic E-state index is -0.334. The number of alkyl halides is 1. The first kappa shape index (κ1) is 14.6. The van der Waals surface area contributed by atoms with Crippen molar-refractivity contribution in [1.29, 1.82) is 0 Å². The lowest BCUT2D eigenvalue weighted by molar-refractivity contribution is 0.565. The molecule has 0 heterocycles. The molecule has 0 saturated heterocycles. The molecule has 0 spiro atoms. The van der Waals surface area contributed by atoms with E-state index in [1.165, 1.54) is 25.0 Å². The van der Waals surface area contributed by atoms with Crippen molar-refractivity contribution in [3.8, 4) is 0 Å². The minimum Gasteiger partial charge on any atom is -0.207 e. The van der Waals surface area contributed by atoms with Crippen LogP contribution < -0.4 is 0 Å². The van der Waals surface area contributed by atoms with Crippen molar-refractivity contribution in [3.05, 3.63) is 34.9 Å². The summed E-state index contributed by atoms with van der Waals surface area (Å²) in [5.41, 5.74) is 0.793. The second kappa shape index (κ2) is 7.10. The number of unbranched alkanes of at least 4 members (excludes halogenated alkanes) is 3. The monoisotopic (exact) mass is 304 g/mol. The zero-order valence-corrected chi connectivity index (χ0v) is 12.0. The van der Waals surface area contributed by atoms with E-state index in [9.17, 15) is 8.78 Å². The van der Waals surface area contributed by atoms with Gasteiger partial charge in [0.05, 0.1) is 0 Å². The van der Waals surface area contributed by atoms with E-state index >= 15 is 0 Å². The van der Waals surface area contributed by atoms with Gasteiger partial charge in [0.25, 0.3) is 0 Å². The van der Waals surface area contributed by atoms with E-state index in [0.29, 0.717) is 11.1 Å². The molecule has 0 bridgehead atoms. The smallest absolute Gasteiger partial charge is 0.128 e. The molecule has 0 N–H and O–H groups in total. The first-order valence-electron chi connectivity index (χ1n) is 6.15. The van der Waals surface area contributed by atoms with Crippen LogP contribution >= 0.6 is 15.9 Å². The molecule has 1 unspecified atom stereocenters. The standard InChI is InChI=1S/C14H19BrF2/c1-3-4-5-6-7-12(15)11-9-13(16)10(2)8-14(11)17/h8-9,12H,3-7H2,1-2H3. The largest absolute Gasteiger partial charge is 0.207 e. The maximum atomic E-state index is 13.7. The van der Waals surface area contributed by atoms with Gasteiger partial charge in [-0.2, -0.15) is 0 Å². The highest BCUT2D eigenvalue weighted by atomic mass is 79.9. The Kier molecular flexibility index (Phi) is 6.10. The van der Waals surface area contributed by atoms with Crippen LogP contribution in [0.2, 0.25) is 0 Å². The van der Waals surface area contributed by atoms with E-state index in [4.69, 9.17) is 0 Å². The number of benzene rings is 1. The predicted molar refractivity (Wildman–Crippen MR) is 71.5 cm³/mol. The van der Waals surface area contributed by atoms with E-state index in [1.807, 2.05) is 0 Å². The molecule has 0 aromatic heterocycles. The van der Waals surface area contributed by atoms with Crippen LogP contribution in [0.5, 0.6) is 0 Å². The van der Waals surface area contributed by atoms with Crippen molar-refractivity contribution in [2.75, 3.05) is 0 Å². The number of rotatable bonds is 6. The van der Waals surface area contributed by atoms with E-state index < -0.39 is 0 Å². The number of aryl methyl sites for hydroxylation is 1. The minimum absolute atomic E-state index is 0.0885. The predicted octanol–water partition coefficient (Wildman–Crippen LogP) is 5.68. The Morgan fingerprint density at radius 2 is 1.82 bits per heavy atom. The molecule has 3 heteroatoms. The first-order chi connectivity index (χ1) is 8.06. The summed E-state index contributed by atoms with van der Waals surface area (Å²) >= 11 is 3.44. The SMILES string of the molecule is CCCCCCC(Br)c1cc(F)c(C)cc1F. The lowest BCUT2D eigenvalue weighted by Crippen LogP contribution is -1.98. The van der Waals surface area contributed by atoms with Gasteiger partial charge in [-0.1, -0.05) is 48.5 Å². The molecule has 1 aromatic rings. The van der Waals surface area contributed by atoms with Crippen LogP contribution in [-0.2, 0) is 0 Å². The van der Waals surface area contributed by atoms with Gasteiger partial charge < -0.3 is 0 Å². The van der Waals surface area contributed by atoms with Gasteiger partial charge in [0.2, 0.25) is 0 Å². The Morgan fingerprint density at radius 3 is 2.47 bits per heavy atom. The number of halogens is 3. The van der Waals surface area contributed by atoms with E-state index in [2.05, 4.69) is 22.9 Å². The fourth-order valence-corrected chi connectivity index (χ4v) is 2.48. The Labute approximate surface area is 111 Å².